The lowest BCUT2D eigenvalue weighted by atomic mass is 10.1. The van der Waals surface area contributed by atoms with Crippen molar-refractivity contribution >= 4 is 17.9 Å². The lowest BCUT2D eigenvalue weighted by Crippen LogP contribution is -2.54. The van der Waals surface area contributed by atoms with E-state index in [4.69, 9.17) is 4.74 Å². The van der Waals surface area contributed by atoms with Crippen molar-refractivity contribution < 1.29 is 19.1 Å². The molecule has 3 amide bonds. The third kappa shape index (κ3) is 4.71. The van der Waals surface area contributed by atoms with E-state index in [1.807, 2.05) is 13.8 Å². The van der Waals surface area contributed by atoms with Crippen molar-refractivity contribution in [1.82, 2.24) is 14.7 Å². The zero-order valence-corrected chi connectivity index (χ0v) is 15.0. The second-order valence-corrected chi connectivity index (χ2v) is 5.86. The Labute approximate surface area is 148 Å². The molecule has 0 radical (unpaired) electrons. The molecule has 0 aromatic heterocycles. The molecule has 1 fully saturated rings. The summed E-state index contributed by atoms with van der Waals surface area (Å²) in [6, 6.07) is 6.61. The largest absolute Gasteiger partial charge is 0.427 e. The van der Waals surface area contributed by atoms with E-state index in [-0.39, 0.29) is 11.9 Å². The summed E-state index contributed by atoms with van der Waals surface area (Å²) >= 11 is 0. The van der Waals surface area contributed by atoms with Gasteiger partial charge in [-0.2, -0.15) is 0 Å². The zero-order chi connectivity index (χ0) is 18.4. The van der Waals surface area contributed by atoms with E-state index >= 15 is 0 Å². The molecule has 1 aliphatic heterocycles. The van der Waals surface area contributed by atoms with Crippen LogP contribution in [0.4, 0.5) is 4.79 Å². The molecule has 0 unspecified atom stereocenters. The molecule has 1 heterocycles. The van der Waals surface area contributed by atoms with Crippen molar-refractivity contribution in [2.45, 2.75) is 20.8 Å². The second-order valence-electron chi connectivity index (χ2n) is 5.86. The van der Waals surface area contributed by atoms with E-state index in [2.05, 4.69) is 0 Å². The van der Waals surface area contributed by atoms with Crippen molar-refractivity contribution in [3.63, 3.8) is 0 Å². The normalized spacial score (nSPS) is 14.2. The van der Waals surface area contributed by atoms with Gasteiger partial charge in [-0.15, -0.1) is 0 Å². The molecule has 25 heavy (non-hydrogen) atoms. The highest BCUT2D eigenvalue weighted by Gasteiger charge is 2.26. The van der Waals surface area contributed by atoms with Crippen LogP contribution in [0.1, 0.15) is 31.1 Å². The fourth-order valence-corrected chi connectivity index (χ4v) is 2.84. The van der Waals surface area contributed by atoms with Gasteiger partial charge in [0.1, 0.15) is 5.75 Å². The summed E-state index contributed by atoms with van der Waals surface area (Å²) in [5.41, 5.74) is 0.474. The molecule has 7 nitrogen and oxygen atoms in total. The van der Waals surface area contributed by atoms with Gasteiger partial charge < -0.3 is 19.4 Å². The molecule has 1 saturated heterocycles. The Morgan fingerprint density at radius 2 is 1.64 bits per heavy atom. The number of carbonyl (C=O) groups excluding carboxylic acids is 3. The lowest BCUT2D eigenvalue weighted by Gasteiger charge is -2.37. The maximum absolute atomic E-state index is 12.6. The van der Waals surface area contributed by atoms with Gasteiger partial charge in [-0.1, -0.05) is 6.07 Å². The smallest absolute Gasteiger partial charge is 0.320 e. The summed E-state index contributed by atoms with van der Waals surface area (Å²) in [7, 11) is 0. The highest BCUT2D eigenvalue weighted by atomic mass is 16.5. The molecular weight excluding hydrogens is 322 g/mol. The van der Waals surface area contributed by atoms with Crippen LogP contribution in [-0.2, 0) is 4.79 Å². The van der Waals surface area contributed by atoms with Crippen LogP contribution >= 0.6 is 0 Å². The van der Waals surface area contributed by atoms with Crippen LogP contribution in [0.5, 0.6) is 5.75 Å². The minimum Gasteiger partial charge on any atom is -0.427 e. The number of hydrogen-bond acceptors (Lipinski definition) is 4. The number of urea groups is 1. The first-order valence-electron chi connectivity index (χ1n) is 8.57. The van der Waals surface area contributed by atoms with Gasteiger partial charge in [-0.25, -0.2) is 4.79 Å². The van der Waals surface area contributed by atoms with Crippen LogP contribution in [0.3, 0.4) is 0 Å². The minimum absolute atomic E-state index is 0.0222. The van der Waals surface area contributed by atoms with E-state index in [0.29, 0.717) is 50.6 Å². The van der Waals surface area contributed by atoms with Gasteiger partial charge >= 0.3 is 12.0 Å². The molecule has 7 heteroatoms. The van der Waals surface area contributed by atoms with E-state index in [9.17, 15) is 14.4 Å². The molecule has 1 aromatic carbocycles. The maximum atomic E-state index is 12.6. The van der Waals surface area contributed by atoms with Crippen LogP contribution in [0, 0.1) is 0 Å². The monoisotopic (exact) mass is 347 g/mol. The summed E-state index contributed by atoms with van der Waals surface area (Å²) in [5, 5.41) is 0. The molecule has 0 atom stereocenters. The number of rotatable bonds is 4. The highest BCUT2D eigenvalue weighted by molar-refractivity contribution is 5.95. The third-order valence-electron chi connectivity index (χ3n) is 4.21. The Balaban J connectivity index is 1.97. The SMILES string of the molecule is CCN(CC)C(=O)N1CCN(C(=O)c2cccc(OC(C)=O)c2)CC1. The predicted molar refractivity (Wildman–Crippen MR) is 93.5 cm³/mol. The van der Waals surface area contributed by atoms with Gasteiger partial charge in [-0.05, 0) is 32.0 Å². The van der Waals surface area contributed by atoms with Crippen molar-refractivity contribution in [3.8, 4) is 5.75 Å². The Morgan fingerprint density at radius 3 is 2.20 bits per heavy atom. The first-order valence-corrected chi connectivity index (χ1v) is 8.57. The number of piperazine rings is 1. The summed E-state index contributed by atoms with van der Waals surface area (Å²) < 4.78 is 5.02. The maximum Gasteiger partial charge on any atom is 0.320 e. The molecule has 0 saturated carbocycles. The van der Waals surface area contributed by atoms with Gasteiger partial charge in [0.05, 0.1) is 0 Å². The number of esters is 1. The first kappa shape index (κ1) is 18.8. The van der Waals surface area contributed by atoms with Crippen molar-refractivity contribution in [3.05, 3.63) is 29.8 Å². The Hall–Kier alpha value is -2.57. The van der Waals surface area contributed by atoms with Gasteiger partial charge in [0.15, 0.2) is 0 Å². The topological polar surface area (TPSA) is 70.2 Å². The van der Waals surface area contributed by atoms with Crippen LogP contribution in [0.2, 0.25) is 0 Å². The number of carbonyl (C=O) groups is 3. The fraction of sp³-hybridized carbons (Fsp3) is 0.500. The molecule has 1 aliphatic rings. The zero-order valence-electron chi connectivity index (χ0n) is 15.0. The quantitative estimate of drug-likeness (QED) is 0.615. The van der Waals surface area contributed by atoms with Crippen molar-refractivity contribution in [2.24, 2.45) is 0 Å². The van der Waals surface area contributed by atoms with E-state index in [1.54, 1.807) is 39.0 Å². The second kappa shape index (κ2) is 8.50. The van der Waals surface area contributed by atoms with E-state index in [1.165, 1.54) is 6.92 Å². The molecule has 0 bridgehead atoms. The van der Waals surface area contributed by atoms with Crippen LogP contribution in [0.15, 0.2) is 24.3 Å². The van der Waals surface area contributed by atoms with Crippen molar-refractivity contribution in [1.29, 1.82) is 0 Å². The lowest BCUT2D eigenvalue weighted by molar-refractivity contribution is -0.131. The highest BCUT2D eigenvalue weighted by Crippen LogP contribution is 2.16. The molecule has 136 valence electrons. The average molecular weight is 347 g/mol. The molecule has 2 rings (SSSR count). The minimum atomic E-state index is -0.423. The molecule has 0 aliphatic carbocycles. The van der Waals surface area contributed by atoms with Gasteiger partial charge in [-0.3, -0.25) is 9.59 Å². The molecule has 1 aromatic rings. The number of amides is 3. The molecule has 0 N–H and O–H groups in total. The predicted octanol–water partition coefficient (Wildman–Crippen LogP) is 1.83. The van der Waals surface area contributed by atoms with E-state index < -0.39 is 5.97 Å². The Kier molecular flexibility index (Phi) is 6.38. The Morgan fingerprint density at radius 1 is 1.04 bits per heavy atom. The number of hydrogen-bond donors (Lipinski definition) is 0. The van der Waals surface area contributed by atoms with Crippen LogP contribution in [-0.4, -0.2) is 71.9 Å². The standard InChI is InChI=1S/C18H25N3O4/c1-4-19(5-2)18(24)21-11-9-20(10-12-21)17(23)15-7-6-8-16(13-15)25-14(3)22/h6-8,13H,4-5,9-12H2,1-3H3. The summed E-state index contributed by atoms with van der Waals surface area (Å²) in [6.07, 6.45) is 0. The fourth-order valence-electron chi connectivity index (χ4n) is 2.84. The Bertz CT molecular complexity index is 635. The van der Waals surface area contributed by atoms with Crippen LogP contribution < -0.4 is 4.74 Å². The number of benzene rings is 1. The van der Waals surface area contributed by atoms with Gasteiger partial charge in [0.2, 0.25) is 0 Å². The third-order valence-corrected chi connectivity index (χ3v) is 4.21. The first-order chi connectivity index (χ1) is 12.0. The molecule has 0 spiro atoms. The number of nitrogens with zero attached hydrogens (tertiary/aromatic N) is 3. The summed E-state index contributed by atoms with van der Waals surface area (Å²) in [5.74, 6) is -0.189. The summed E-state index contributed by atoms with van der Waals surface area (Å²) in [4.78, 5) is 41.3. The van der Waals surface area contributed by atoms with Crippen LogP contribution in [0.25, 0.3) is 0 Å². The van der Waals surface area contributed by atoms with E-state index in [0.717, 1.165) is 0 Å². The number of ether oxygens (including phenoxy) is 1. The van der Waals surface area contributed by atoms with Crippen molar-refractivity contribution in [2.75, 3.05) is 39.3 Å². The van der Waals surface area contributed by atoms with Gasteiger partial charge in [0, 0.05) is 51.8 Å². The average Bonchev–Trinajstić information content (AvgIpc) is 2.62. The molecular formula is C18H25N3O4. The summed E-state index contributed by atoms with van der Waals surface area (Å²) in [6.45, 7) is 8.60. The van der Waals surface area contributed by atoms with Gasteiger partial charge in [0.25, 0.3) is 5.91 Å².